The van der Waals surface area contributed by atoms with Crippen LogP contribution in [0.2, 0.25) is 5.02 Å². The van der Waals surface area contributed by atoms with Gasteiger partial charge in [0.25, 0.3) is 5.91 Å². The summed E-state index contributed by atoms with van der Waals surface area (Å²) in [5.41, 5.74) is -0.719. The predicted octanol–water partition coefficient (Wildman–Crippen LogP) is 6.38. The third kappa shape index (κ3) is 6.84. The number of nitrogens with one attached hydrogen (secondary N) is 2. The van der Waals surface area contributed by atoms with Crippen molar-refractivity contribution in [3.8, 4) is 11.5 Å². The van der Waals surface area contributed by atoms with E-state index in [1.54, 1.807) is 44.2 Å². The topological polar surface area (TPSA) is 76.7 Å². The van der Waals surface area contributed by atoms with Crippen LogP contribution in [0, 0.1) is 11.6 Å². The lowest BCUT2D eigenvalue weighted by Gasteiger charge is -2.17. The molecule has 0 heterocycles. The molecular formula is C23H21ClF2N2O4S. The zero-order valence-electron chi connectivity index (χ0n) is 17.6. The summed E-state index contributed by atoms with van der Waals surface area (Å²) in [6, 6.07) is 14.2. The van der Waals surface area contributed by atoms with Gasteiger partial charge in [-0.05, 0) is 44.2 Å². The van der Waals surface area contributed by atoms with Crippen LogP contribution in [0.15, 0.2) is 60.7 Å². The van der Waals surface area contributed by atoms with E-state index in [2.05, 4.69) is 10.6 Å². The number of amides is 2. The second-order valence-corrected chi connectivity index (χ2v) is 7.28. The van der Waals surface area contributed by atoms with Gasteiger partial charge in [0, 0.05) is 6.07 Å². The van der Waals surface area contributed by atoms with Crippen molar-refractivity contribution >= 4 is 48.5 Å². The first-order valence-corrected chi connectivity index (χ1v) is 9.92. The van der Waals surface area contributed by atoms with Crippen LogP contribution in [0.1, 0.15) is 24.2 Å². The SMILES string of the molecule is CC(C)Oc1cc(NC(=O)Oc2ccccc2)c(F)cc1C(=O)Nc1c(F)cccc1Cl.S. The van der Waals surface area contributed by atoms with Crippen LogP contribution in [0.25, 0.3) is 0 Å². The van der Waals surface area contributed by atoms with Gasteiger partial charge in [-0.15, -0.1) is 0 Å². The van der Waals surface area contributed by atoms with Crippen molar-refractivity contribution in [2.24, 2.45) is 0 Å². The van der Waals surface area contributed by atoms with Gasteiger partial charge in [-0.1, -0.05) is 35.9 Å². The lowest BCUT2D eigenvalue weighted by molar-refractivity contribution is 0.102. The normalized spacial score (nSPS) is 10.2. The highest BCUT2D eigenvalue weighted by Gasteiger charge is 2.21. The van der Waals surface area contributed by atoms with Gasteiger partial charge < -0.3 is 14.8 Å². The molecule has 10 heteroatoms. The summed E-state index contributed by atoms with van der Waals surface area (Å²) in [4.78, 5) is 24.9. The molecule has 2 N–H and O–H groups in total. The molecule has 0 aliphatic heterocycles. The van der Waals surface area contributed by atoms with E-state index in [4.69, 9.17) is 21.1 Å². The summed E-state index contributed by atoms with van der Waals surface area (Å²) >= 11 is 5.94. The molecule has 0 aromatic heterocycles. The van der Waals surface area contributed by atoms with Crippen LogP contribution in [-0.4, -0.2) is 18.1 Å². The number of carbonyl (C=O) groups is 2. The second-order valence-electron chi connectivity index (χ2n) is 6.87. The standard InChI is InChI=1S/C23H19ClF2N2O4.H2S/c1-13(2)31-20-12-19(27-23(30)32-14-7-4-3-5-8-14)18(26)11-15(20)22(29)28-21-16(24)9-6-10-17(21)25;/h3-13H,1-2H3,(H,27,30)(H,28,29);1H2. The Morgan fingerprint density at radius 1 is 0.939 bits per heavy atom. The van der Waals surface area contributed by atoms with Gasteiger partial charge in [0.2, 0.25) is 0 Å². The monoisotopic (exact) mass is 494 g/mol. The number of ether oxygens (including phenoxy) is 2. The third-order valence-corrected chi connectivity index (χ3v) is 4.38. The van der Waals surface area contributed by atoms with E-state index in [1.165, 1.54) is 12.1 Å². The van der Waals surface area contributed by atoms with Crippen molar-refractivity contribution in [1.82, 2.24) is 0 Å². The van der Waals surface area contributed by atoms with E-state index in [0.717, 1.165) is 18.2 Å². The Balaban J connectivity index is 0.00000385. The van der Waals surface area contributed by atoms with E-state index < -0.39 is 23.6 Å². The van der Waals surface area contributed by atoms with Gasteiger partial charge in [-0.2, -0.15) is 13.5 Å². The molecule has 0 saturated heterocycles. The Bertz CT molecular complexity index is 1130. The van der Waals surface area contributed by atoms with Gasteiger partial charge >= 0.3 is 6.09 Å². The number of rotatable bonds is 6. The Morgan fingerprint density at radius 2 is 1.64 bits per heavy atom. The molecule has 0 atom stereocenters. The fourth-order valence-electron chi connectivity index (χ4n) is 2.71. The Kier molecular flexibility index (Phi) is 9.07. The number of anilines is 2. The molecule has 0 spiro atoms. The van der Waals surface area contributed by atoms with Crippen LogP contribution in [0.3, 0.4) is 0 Å². The minimum absolute atomic E-state index is 0. The van der Waals surface area contributed by atoms with Crippen molar-refractivity contribution in [3.05, 3.63) is 82.9 Å². The molecule has 33 heavy (non-hydrogen) atoms. The number of benzene rings is 3. The van der Waals surface area contributed by atoms with Crippen molar-refractivity contribution in [1.29, 1.82) is 0 Å². The number of carbonyl (C=O) groups excluding carboxylic acids is 2. The highest BCUT2D eigenvalue weighted by Crippen LogP contribution is 2.31. The molecular weight excluding hydrogens is 474 g/mol. The molecule has 2 amide bonds. The van der Waals surface area contributed by atoms with Crippen LogP contribution in [0.4, 0.5) is 25.0 Å². The first-order chi connectivity index (χ1) is 15.2. The minimum Gasteiger partial charge on any atom is -0.490 e. The second kappa shape index (κ2) is 11.5. The highest BCUT2D eigenvalue weighted by atomic mass is 35.5. The molecule has 0 fully saturated rings. The molecule has 0 bridgehead atoms. The van der Waals surface area contributed by atoms with Gasteiger partial charge in [0.15, 0.2) is 0 Å². The summed E-state index contributed by atoms with van der Waals surface area (Å²) in [6.45, 7) is 3.41. The van der Waals surface area contributed by atoms with Crippen molar-refractivity contribution in [2.45, 2.75) is 20.0 Å². The van der Waals surface area contributed by atoms with Crippen LogP contribution in [-0.2, 0) is 0 Å². The number of hydrogen-bond donors (Lipinski definition) is 2. The molecule has 3 aromatic carbocycles. The fourth-order valence-corrected chi connectivity index (χ4v) is 2.92. The molecule has 0 saturated carbocycles. The lowest BCUT2D eigenvalue weighted by atomic mass is 10.1. The molecule has 0 radical (unpaired) electrons. The van der Waals surface area contributed by atoms with E-state index >= 15 is 0 Å². The summed E-state index contributed by atoms with van der Waals surface area (Å²) in [5, 5.41) is 4.58. The highest BCUT2D eigenvalue weighted by molar-refractivity contribution is 7.59. The molecule has 174 valence electrons. The van der Waals surface area contributed by atoms with E-state index in [-0.39, 0.29) is 53.1 Å². The smallest absolute Gasteiger partial charge is 0.417 e. The number of para-hydroxylation sites is 2. The van der Waals surface area contributed by atoms with Crippen LogP contribution < -0.4 is 20.1 Å². The third-order valence-electron chi connectivity index (χ3n) is 4.07. The average molecular weight is 495 g/mol. The Hall–Kier alpha value is -3.30. The van der Waals surface area contributed by atoms with Crippen molar-refractivity contribution < 1.29 is 27.8 Å². The molecule has 0 aliphatic carbocycles. The van der Waals surface area contributed by atoms with Crippen molar-refractivity contribution in [2.75, 3.05) is 10.6 Å². The lowest BCUT2D eigenvalue weighted by Crippen LogP contribution is -2.20. The van der Waals surface area contributed by atoms with E-state index in [1.807, 2.05) is 0 Å². The fraction of sp³-hybridized carbons (Fsp3) is 0.130. The molecule has 0 aliphatic rings. The summed E-state index contributed by atoms with van der Waals surface area (Å²) < 4.78 is 39.5. The van der Waals surface area contributed by atoms with E-state index in [0.29, 0.717) is 0 Å². The largest absolute Gasteiger partial charge is 0.490 e. The quantitative estimate of drug-likeness (QED) is 0.417. The number of hydrogen-bond acceptors (Lipinski definition) is 4. The van der Waals surface area contributed by atoms with Gasteiger partial charge in [0.05, 0.1) is 28.1 Å². The molecule has 3 aromatic rings. The maximum atomic E-state index is 14.7. The Labute approximate surface area is 201 Å². The van der Waals surface area contributed by atoms with Crippen LogP contribution in [0.5, 0.6) is 11.5 Å². The summed E-state index contributed by atoms with van der Waals surface area (Å²) in [6.07, 6.45) is -1.31. The predicted molar refractivity (Wildman–Crippen MR) is 128 cm³/mol. The van der Waals surface area contributed by atoms with Crippen LogP contribution >= 0.6 is 25.1 Å². The average Bonchev–Trinajstić information content (AvgIpc) is 2.73. The summed E-state index contributed by atoms with van der Waals surface area (Å²) in [5.74, 6) is -2.27. The van der Waals surface area contributed by atoms with Crippen molar-refractivity contribution in [3.63, 3.8) is 0 Å². The first-order valence-electron chi connectivity index (χ1n) is 9.54. The van der Waals surface area contributed by atoms with Gasteiger partial charge in [0.1, 0.15) is 23.1 Å². The van der Waals surface area contributed by atoms with Gasteiger partial charge in [-0.3, -0.25) is 10.1 Å². The number of halogens is 3. The zero-order valence-corrected chi connectivity index (χ0v) is 19.4. The minimum atomic E-state index is -0.930. The van der Waals surface area contributed by atoms with E-state index in [9.17, 15) is 18.4 Å². The maximum absolute atomic E-state index is 14.7. The zero-order chi connectivity index (χ0) is 23.3. The van der Waals surface area contributed by atoms with Gasteiger partial charge in [-0.25, -0.2) is 13.6 Å². The Morgan fingerprint density at radius 3 is 2.27 bits per heavy atom. The maximum Gasteiger partial charge on any atom is 0.417 e. The molecule has 6 nitrogen and oxygen atoms in total. The summed E-state index contributed by atoms with van der Waals surface area (Å²) in [7, 11) is 0. The molecule has 0 unspecified atom stereocenters. The molecule has 3 rings (SSSR count). The first kappa shape index (κ1) is 26.0.